The highest BCUT2D eigenvalue weighted by molar-refractivity contribution is 6.11. The Morgan fingerprint density at radius 1 is 0.800 bits per heavy atom. The minimum absolute atomic E-state index is 0.239. The fourth-order valence-electron chi connectivity index (χ4n) is 3.93. The Morgan fingerprint density at radius 3 is 2.29 bits per heavy atom. The number of pyridine rings is 1. The normalized spacial score (nSPS) is 10.8. The van der Waals surface area contributed by atoms with Crippen LogP contribution in [0.25, 0.3) is 21.9 Å². The molecule has 0 saturated heterocycles. The van der Waals surface area contributed by atoms with Crippen LogP contribution in [0.4, 0.5) is 14.5 Å². The average Bonchev–Trinajstić information content (AvgIpc) is 2.89. The Hall–Kier alpha value is -4.58. The Labute approximate surface area is 200 Å². The molecule has 1 aromatic heterocycles. The number of fused-ring (bicyclic) bond motifs is 1. The van der Waals surface area contributed by atoms with Crippen molar-refractivity contribution in [2.75, 3.05) is 5.32 Å². The molecule has 172 valence electrons. The number of carbonyl (C=O) groups is 1. The maximum absolute atomic E-state index is 14.3. The number of benzene rings is 4. The molecule has 0 aliphatic rings. The van der Waals surface area contributed by atoms with Gasteiger partial charge in [-0.2, -0.15) is 0 Å². The molecule has 6 heteroatoms. The molecule has 5 rings (SSSR count). The van der Waals surface area contributed by atoms with Gasteiger partial charge >= 0.3 is 0 Å². The predicted octanol–water partition coefficient (Wildman–Crippen LogP) is 7.01. The maximum Gasteiger partial charge on any atom is 0.274 e. The van der Waals surface area contributed by atoms with Crippen molar-refractivity contribution in [2.45, 2.75) is 6.61 Å². The van der Waals surface area contributed by atoms with Crippen LogP contribution in [0.3, 0.4) is 0 Å². The van der Waals surface area contributed by atoms with E-state index in [9.17, 15) is 13.6 Å². The second-order valence-electron chi connectivity index (χ2n) is 7.94. The van der Waals surface area contributed by atoms with E-state index in [0.717, 1.165) is 5.56 Å². The first-order valence-electron chi connectivity index (χ1n) is 11.0. The number of nitrogens with zero attached hydrogens (tertiary/aromatic N) is 1. The van der Waals surface area contributed by atoms with Gasteiger partial charge < -0.3 is 10.1 Å². The molecule has 0 atom stereocenters. The van der Waals surface area contributed by atoms with E-state index < -0.39 is 11.7 Å². The quantitative estimate of drug-likeness (QED) is 0.293. The van der Waals surface area contributed by atoms with E-state index in [1.807, 2.05) is 30.3 Å². The number of aromatic nitrogens is 1. The van der Waals surface area contributed by atoms with Gasteiger partial charge in [0.2, 0.25) is 0 Å². The van der Waals surface area contributed by atoms with Crippen molar-refractivity contribution in [1.82, 2.24) is 4.98 Å². The highest BCUT2D eigenvalue weighted by atomic mass is 19.1. The Bertz CT molecular complexity index is 1490. The number of hydrogen-bond acceptors (Lipinski definition) is 3. The third-order valence-electron chi connectivity index (χ3n) is 5.58. The summed E-state index contributed by atoms with van der Waals surface area (Å²) in [5.41, 5.74) is 2.90. The molecule has 0 aliphatic heterocycles. The van der Waals surface area contributed by atoms with Gasteiger partial charge in [-0.15, -0.1) is 0 Å². The van der Waals surface area contributed by atoms with Crippen LogP contribution in [0.5, 0.6) is 5.75 Å². The Kier molecular flexibility index (Phi) is 6.18. The molecule has 35 heavy (non-hydrogen) atoms. The van der Waals surface area contributed by atoms with Crippen molar-refractivity contribution in [1.29, 1.82) is 0 Å². The van der Waals surface area contributed by atoms with E-state index in [2.05, 4.69) is 10.3 Å². The molecule has 0 saturated carbocycles. The Balaban J connectivity index is 1.66. The number of carbonyl (C=O) groups excluding carboxylic acids is 1. The summed E-state index contributed by atoms with van der Waals surface area (Å²) in [7, 11) is 0. The van der Waals surface area contributed by atoms with Gasteiger partial charge in [-0.05, 0) is 52.9 Å². The zero-order valence-corrected chi connectivity index (χ0v) is 18.5. The number of nitrogens with one attached hydrogen (secondary N) is 1. The molecule has 1 N–H and O–H groups in total. The van der Waals surface area contributed by atoms with Gasteiger partial charge in [0.25, 0.3) is 5.91 Å². The molecule has 1 heterocycles. The third kappa shape index (κ3) is 4.87. The molecular formula is C29H20F2N2O2. The molecule has 0 aliphatic carbocycles. The first-order chi connectivity index (χ1) is 17.1. The number of hydrogen-bond donors (Lipinski definition) is 1. The summed E-state index contributed by atoms with van der Waals surface area (Å²) in [5, 5.41) is 4.11. The summed E-state index contributed by atoms with van der Waals surface area (Å²) < 4.78 is 34.1. The minimum atomic E-state index is -0.419. The molecule has 1 amide bonds. The van der Waals surface area contributed by atoms with Crippen LogP contribution in [0, 0.1) is 11.6 Å². The van der Waals surface area contributed by atoms with Gasteiger partial charge in [-0.3, -0.25) is 9.78 Å². The highest BCUT2D eigenvalue weighted by Crippen LogP contribution is 2.41. The third-order valence-corrected chi connectivity index (χ3v) is 5.58. The van der Waals surface area contributed by atoms with Crippen LogP contribution in [-0.4, -0.2) is 10.9 Å². The average molecular weight is 466 g/mol. The van der Waals surface area contributed by atoms with Crippen LogP contribution in [0.15, 0.2) is 103 Å². The van der Waals surface area contributed by atoms with Crippen molar-refractivity contribution < 1.29 is 18.3 Å². The fraction of sp³-hybridized carbons (Fsp3) is 0.0345. The molecule has 0 fully saturated rings. The van der Waals surface area contributed by atoms with Gasteiger partial charge in [-0.1, -0.05) is 54.6 Å². The number of rotatable bonds is 6. The second-order valence-corrected chi connectivity index (χ2v) is 7.94. The number of ether oxygens (including phenoxy) is 1. The summed E-state index contributed by atoms with van der Waals surface area (Å²) in [5.74, 6) is -0.807. The van der Waals surface area contributed by atoms with Crippen LogP contribution in [0.1, 0.15) is 16.1 Å². The van der Waals surface area contributed by atoms with Gasteiger partial charge in [0.05, 0.1) is 5.69 Å². The smallest absolute Gasteiger partial charge is 0.274 e. The van der Waals surface area contributed by atoms with Gasteiger partial charge in [0, 0.05) is 23.2 Å². The largest absolute Gasteiger partial charge is 0.488 e. The topological polar surface area (TPSA) is 51.2 Å². The lowest BCUT2D eigenvalue weighted by molar-refractivity contribution is 0.102. The van der Waals surface area contributed by atoms with E-state index in [1.54, 1.807) is 42.5 Å². The highest BCUT2D eigenvalue weighted by Gasteiger charge is 2.19. The van der Waals surface area contributed by atoms with Crippen molar-refractivity contribution in [2.24, 2.45) is 0 Å². The maximum atomic E-state index is 14.3. The first kappa shape index (κ1) is 22.2. The summed E-state index contributed by atoms with van der Waals surface area (Å²) >= 11 is 0. The second kappa shape index (κ2) is 9.73. The summed E-state index contributed by atoms with van der Waals surface area (Å²) in [6.45, 7) is 0.260. The zero-order chi connectivity index (χ0) is 24.2. The van der Waals surface area contributed by atoms with E-state index in [-0.39, 0.29) is 18.1 Å². The van der Waals surface area contributed by atoms with Gasteiger partial charge in [0.1, 0.15) is 29.7 Å². The summed E-state index contributed by atoms with van der Waals surface area (Å²) in [6.07, 6.45) is 1.54. The summed E-state index contributed by atoms with van der Waals surface area (Å²) in [6, 6.07) is 26.6. The zero-order valence-electron chi connectivity index (χ0n) is 18.5. The monoisotopic (exact) mass is 466 g/mol. The first-order valence-corrected chi connectivity index (χ1v) is 11.0. The molecule has 4 nitrogen and oxygen atoms in total. The Morgan fingerprint density at radius 2 is 1.54 bits per heavy atom. The number of halogens is 2. The van der Waals surface area contributed by atoms with E-state index >= 15 is 0 Å². The lowest BCUT2D eigenvalue weighted by atomic mass is 9.95. The number of anilines is 1. The molecule has 4 aromatic carbocycles. The van der Waals surface area contributed by atoms with Crippen LogP contribution < -0.4 is 10.1 Å². The van der Waals surface area contributed by atoms with Crippen molar-refractivity contribution >= 4 is 22.4 Å². The predicted molar refractivity (Wildman–Crippen MR) is 132 cm³/mol. The standard InChI is InChI=1S/C29H20F2N2O2/c30-21-11-9-20(10-12-21)28-23-14-13-22(31)16-24(23)27(35-18-19-6-2-1-3-7-19)17-26(28)33-29(34)25-8-4-5-15-32-25/h1-17H,18H2,(H,33,34). The molecule has 0 spiro atoms. The molecule has 0 bridgehead atoms. The minimum Gasteiger partial charge on any atom is -0.488 e. The van der Waals surface area contributed by atoms with Crippen molar-refractivity contribution in [3.05, 3.63) is 126 Å². The SMILES string of the molecule is O=C(Nc1cc(OCc2ccccc2)c2cc(F)ccc2c1-c1ccc(F)cc1)c1ccccn1. The van der Waals surface area contributed by atoms with E-state index in [4.69, 9.17) is 4.74 Å². The number of amides is 1. The van der Waals surface area contributed by atoms with Gasteiger partial charge in [-0.25, -0.2) is 8.78 Å². The van der Waals surface area contributed by atoms with Crippen LogP contribution >= 0.6 is 0 Å². The van der Waals surface area contributed by atoms with Crippen LogP contribution in [0.2, 0.25) is 0 Å². The lowest BCUT2D eigenvalue weighted by Crippen LogP contribution is -2.14. The molecule has 5 aromatic rings. The van der Waals surface area contributed by atoms with Crippen LogP contribution in [-0.2, 0) is 6.61 Å². The summed E-state index contributed by atoms with van der Waals surface area (Å²) in [4.78, 5) is 17.1. The fourth-order valence-corrected chi connectivity index (χ4v) is 3.93. The van der Waals surface area contributed by atoms with E-state index in [0.29, 0.717) is 33.3 Å². The van der Waals surface area contributed by atoms with Crippen molar-refractivity contribution in [3.63, 3.8) is 0 Å². The van der Waals surface area contributed by atoms with Gasteiger partial charge in [0.15, 0.2) is 0 Å². The molecule has 0 unspecified atom stereocenters. The van der Waals surface area contributed by atoms with Crippen molar-refractivity contribution in [3.8, 4) is 16.9 Å². The molecular weight excluding hydrogens is 446 g/mol. The van der Waals surface area contributed by atoms with E-state index in [1.165, 1.54) is 30.5 Å². The molecule has 0 radical (unpaired) electrons. The lowest BCUT2D eigenvalue weighted by Gasteiger charge is -2.18.